The molecule has 1 nitrogen and oxygen atoms in total. The van der Waals surface area contributed by atoms with Crippen LogP contribution in [0.2, 0.25) is 0 Å². The molecule has 2 saturated carbocycles. The lowest BCUT2D eigenvalue weighted by Gasteiger charge is -2.57. The van der Waals surface area contributed by atoms with Crippen LogP contribution in [0.1, 0.15) is 26.2 Å². The summed E-state index contributed by atoms with van der Waals surface area (Å²) in [7, 11) is 0. The Hall–Kier alpha value is -0.0400. The molecule has 0 bridgehead atoms. The predicted octanol–water partition coefficient (Wildman–Crippen LogP) is 1.17. The fourth-order valence-electron chi connectivity index (χ4n) is 2.15. The molecule has 0 aliphatic heterocycles. The maximum atomic E-state index is 9.40. The first-order valence-electron chi connectivity index (χ1n) is 3.42. The van der Waals surface area contributed by atoms with Gasteiger partial charge in [0.2, 0.25) is 0 Å². The molecule has 0 heterocycles. The molecule has 2 aliphatic rings. The van der Waals surface area contributed by atoms with Gasteiger partial charge >= 0.3 is 0 Å². The maximum Gasteiger partial charge on any atom is 0.0653 e. The third-order valence-electron chi connectivity index (χ3n) is 2.89. The molecular weight excluding hydrogens is 100 g/mol. The van der Waals surface area contributed by atoms with Gasteiger partial charge in [-0.25, -0.2) is 0 Å². The summed E-state index contributed by atoms with van der Waals surface area (Å²) in [6.07, 6.45) is 3.72. The molecule has 0 saturated heterocycles. The van der Waals surface area contributed by atoms with E-state index in [9.17, 15) is 5.11 Å². The maximum absolute atomic E-state index is 9.40. The molecule has 0 radical (unpaired) electrons. The summed E-state index contributed by atoms with van der Waals surface area (Å²) in [4.78, 5) is 0. The molecule has 8 heavy (non-hydrogen) atoms. The Morgan fingerprint density at radius 1 is 1.50 bits per heavy atom. The second kappa shape index (κ2) is 1.10. The van der Waals surface area contributed by atoms with Gasteiger partial charge in [0.05, 0.1) is 5.60 Å². The van der Waals surface area contributed by atoms with Crippen LogP contribution in [0, 0.1) is 11.8 Å². The van der Waals surface area contributed by atoms with E-state index in [1.165, 1.54) is 12.8 Å². The van der Waals surface area contributed by atoms with Crippen LogP contribution in [0.15, 0.2) is 0 Å². The van der Waals surface area contributed by atoms with E-state index in [0.29, 0.717) is 5.92 Å². The molecule has 2 fully saturated rings. The van der Waals surface area contributed by atoms with Crippen molar-refractivity contribution in [2.45, 2.75) is 31.8 Å². The van der Waals surface area contributed by atoms with Crippen molar-refractivity contribution in [1.82, 2.24) is 0 Å². The minimum absolute atomic E-state index is 0.261. The number of rotatable bonds is 0. The smallest absolute Gasteiger partial charge is 0.0653 e. The Balaban J connectivity index is 2.07. The van der Waals surface area contributed by atoms with Crippen molar-refractivity contribution in [1.29, 1.82) is 0 Å². The number of hydrogen-bond acceptors (Lipinski definition) is 1. The summed E-state index contributed by atoms with van der Waals surface area (Å²) < 4.78 is 0. The van der Waals surface area contributed by atoms with Gasteiger partial charge in [0.25, 0.3) is 0 Å². The minimum atomic E-state index is -0.261. The zero-order valence-corrected chi connectivity index (χ0v) is 5.22. The van der Waals surface area contributed by atoms with E-state index < -0.39 is 0 Å². The van der Waals surface area contributed by atoms with Crippen LogP contribution in [0.3, 0.4) is 0 Å². The summed E-state index contributed by atoms with van der Waals surface area (Å²) in [6.45, 7) is 1.97. The van der Waals surface area contributed by atoms with E-state index in [1.807, 2.05) is 6.92 Å². The number of hydrogen-bond donors (Lipinski definition) is 1. The normalized spacial score (nSPS) is 60.8. The van der Waals surface area contributed by atoms with E-state index in [-0.39, 0.29) is 5.60 Å². The fraction of sp³-hybridized carbons (Fsp3) is 1.00. The molecule has 1 heteroatoms. The van der Waals surface area contributed by atoms with Crippen molar-refractivity contribution in [2.75, 3.05) is 0 Å². The van der Waals surface area contributed by atoms with Crippen LogP contribution in [0.25, 0.3) is 0 Å². The summed E-state index contributed by atoms with van der Waals surface area (Å²) in [5.41, 5.74) is -0.261. The second-order valence-electron chi connectivity index (χ2n) is 3.51. The van der Waals surface area contributed by atoms with E-state index in [2.05, 4.69) is 0 Å². The highest BCUT2D eigenvalue weighted by atomic mass is 16.3. The highest BCUT2D eigenvalue weighted by Gasteiger charge is 2.54. The molecule has 3 atom stereocenters. The van der Waals surface area contributed by atoms with Gasteiger partial charge in [0.15, 0.2) is 0 Å². The molecule has 46 valence electrons. The Labute approximate surface area is 49.7 Å². The van der Waals surface area contributed by atoms with Crippen LogP contribution in [-0.2, 0) is 0 Å². The minimum Gasteiger partial charge on any atom is -0.390 e. The molecule has 0 amide bonds. The van der Waals surface area contributed by atoms with Crippen molar-refractivity contribution in [3.05, 3.63) is 0 Å². The average Bonchev–Trinajstić information content (AvgIpc) is 1.57. The lowest BCUT2D eigenvalue weighted by atomic mass is 9.51. The number of fused-ring (bicyclic) bond motifs is 1. The molecule has 2 aliphatic carbocycles. The van der Waals surface area contributed by atoms with Crippen LogP contribution < -0.4 is 0 Å². The summed E-state index contributed by atoms with van der Waals surface area (Å²) in [6, 6.07) is 0. The fourth-order valence-corrected chi connectivity index (χ4v) is 2.15. The lowest BCUT2D eigenvalue weighted by Crippen LogP contribution is -2.57. The van der Waals surface area contributed by atoms with Crippen molar-refractivity contribution < 1.29 is 5.11 Å². The van der Waals surface area contributed by atoms with Crippen molar-refractivity contribution >= 4 is 0 Å². The molecule has 0 spiro atoms. The van der Waals surface area contributed by atoms with E-state index in [1.54, 1.807) is 0 Å². The van der Waals surface area contributed by atoms with Crippen LogP contribution in [-0.4, -0.2) is 10.7 Å². The van der Waals surface area contributed by atoms with Crippen LogP contribution in [0.4, 0.5) is 0 Å². The van der Waals surface area contributed by atoms with Gasteiger partial charge in [-0.1, -0.05) is 0 Å². The predicted molar refractivity (Wildman–Crippen MR) is 31.5 cm³/mol. The molecule has 1 N–H and O–H groups in total. The zero-order chi connectivity index (χ0) is 5.78. The number of aliphatic hydroxyl groups is 1. The third kappa shape index (κ3) is 0.368. The van der Waals surface area contributed by atoms with E-state index >= 15 is 0 Å². The van der Waals surface area contributed by atoms with Crippen molar-refractivity contribution in [3.8, 4) is 0 Å². The molecule has 2 rings (SSSR count). The standard InChI is InChI=1S/C7H12O/c1-7(8)4-5-2-3-6(5)7/h5-6,8H,2-4H2,1H3. The Bertz CT molecular complexity index is 118. The SMILES string of the molecule is CC1(O)CC2CCC21. The largest absolute Gasteiger partial charge is 0.390 e. The van der Waals surface area contributed by atoms with Gasteiger partial charge in [0.1, 0.15) is 0 Å². The topological polar surface area (TPSA) is 20.2 Å². The van der Waals surface area contributed by atoms with Gasteiger partial charge in [-0.05, 0) is 38.0 Å². The van der Waals surface area contributed by atoms with Gasteiger partial charge in [-0.2, -0.15) is 0 Å². The third-order valence-corrected chi connectivity index (χ3v) is 2.89. The first-order chi connectivity index (χ1) is 3.70. The van der Waals surface area contributed by atoms with Gasteiger partial charge in [0, 0.05) is 0 Å². The Kier molecular flexibility index (Phi) is 0.663. The second-order valence-corrected chi connectivity index (χ2v) is 3.51. The highest BCUT2D eigenvalue weighted by molar-refractivity contribution is 5.04. The summed E-state index contributed by atoms with van der Waals surface area (Å²) >= 11 is 0. The van der Waals surface area contributed by atoms with Crippen LogP contribution in [0.5, 0.6) is 0 Å². The molecular formula is C7H12O. The van der Waals surface area contributed by atoms with Gasteiger partial charge in [-0.3, -0.25) is 0 Å². The van der Waals surface area contributed by atoms with Gasteiger partial charge in [-0.15, -0.1) is 0 Å². The molecule has 0 aromatic carbocycles. The van der Waals surface area contributed by atoms with Crippen molar-refractivity contribution in [3.63, 3.8) is 0 Å². The monoisotopic (exact) mass is 112 g/mol. The van der Waals surface area contributed by atoms with Gasteiger partial charge < -0.3 is 5.11 Å². The lowest BCUT2D eigenvalue weighted by molar-refractivity contribution is -0.174. The average molecular weight is 112 g/mol. The zero-order valence-electron chi connectivity index (χ0n) is 5.22. The first-order valence-corrected chi connectivity index (χ1v) is 3.42. The molecule has 3 unspecified atom stereocenters. The quantitative estimate of drug-likeness (QED) is 0.498. The molecule has 0 aromatic rings. The summed E-state index contributed by atoms with van der Waals surface area (Å²) in [5.74, 6) is 1.59. The van der Waals surface area contributed by atoms with Crippen molar-refractivity contribution in [2.24, 2.45) is 11.8 Å². The van der Waals surface area contributed by atoms with E-state index in [0.717, 1.165) is 12.3 Å². The van der Waals surface area contributed by atoms with Crippen LogP contribution >= 0.6 is 0 Å². The summed E-state index contributed by atoms with van der Waals surface area (Å²) in [5, 5.41) is 9.40. The Morgan fingerprint density at radius 3 is 2.25 bits per heavy atom. The highest BCUT2D eigenvalue weighted by Crippen LogP contribution is 2.56. The first kappa shape index (κ1) is 4.80. The Morgan fingerprint density at radius 2 is 2.25 bits per heavy atom. The molecule has 0 aromatic heterocycles. The van der Waals surface area contributed by atoms with E-state index in [4.69, 9.17) is 0 Å².